The molecule has 1 unspecified atom stereocenters. The SMILES string of the molecule is CC(=O)N1CC2(CCN(c3nc(C(=O)O)co3)CC2)CC1C(=O)O. The quantitative estimate of drug-likeness (QED) is 0.824. The van der Waals surface area contributed by atoms with Crippen molar-refractivity contribution < 1.29 is 29.0 Å². The van der Waals surface area contributed by atoms with Crippen LogP contribution in [-0.2, 0) is 9.59 Å². The standard InChI is InChI=1S/C15H19N3O6/c1-9(19)18-8-15(6-11(18)13(22)23)2-4-17(5-3-15)14-16-10(7-24-14)12(20)21/h7,11H,2-6,8H2,1H3,(H,20,21)(H,22,23). The van der Waals surface area contributed by atoms with Crippen LogP contribution in [0.15, 0.2) is 10.7 Å². The predicted molar refractivity (Wildman–Crippen MR) is 80.8 cm³/mol. The number of oxazole rings is 1. The first-order valence-electron chi connectivity index (χ1n) is 7.75. The van der Waals surface area contributed by atoms with Gasteiger partial charge >= 0.3 is 11.9 Å². The summed E-state index contributed by atoms with van der Waals surface area (Å²) in [5, 5.41) is 18.2. The van der Waals surface area contributed by atoms with Gasteiger partial charge in [0.1, 0.15) is 12.3 Å². The number of likely N-dealkylation sites (tertiary alicyclic amines) is 1. The molecule has 0 aliphatic carbocycles. The molecule has 0 bridgehead atoms. The Morgan fingerprint density at radius 2 is 1.96 bits per heavy atom. The topological polar surface area (TPSA) is 124 Å². The Morgan fingerprint density at radius 3 is 2.42 bits per heavy atom. The van der Waals surface area contributed by atoms with E-state index in [1.54, 1.807) is 0 Å². The van der Waals surface area contributed by atoms with Gasteiger partial charge in [-0.2, -0.15) is 4.98 Å². The Labute approximate surface area is 137 Å². The molecule has 1 aromatic rings. The van der Waals surface area contributed by atoms with E-state index in [0.29, 0.717) is 38.9 Å². The minimum absolute atomic E-state index is 0.139. The van der Waals surface area contributed by atoms with Crippen LogP contribution < -0.4 is 4.90 Å². The second kappa shape index (κ2) is 5.81. The van der Waals surface area contributed by atoms with Gasteiger partial charge in [0, 0.05) is 26.6 Å². The van der Waals surface area contributed by atoms with E-state index in [1.807, 2.05) is 4.90 Å². The van der Waals surface area contributed by atoms with E-state index in [4.69, 9.17) is 9.52 Å². The molecule has 130 valence electrons. The number of amides is 1. The molecule has 2 aliphatic heterocycles. The molecule has 2 saturated heterocycles. The lowest BCUT2D eigenvalue weighted by atomic mass is 9.76. The van der Waals surface area contributed by atoms with Crippen LogP contribution in [0.4, 0.5) is 6.01 Å². The number of carboxylic acid groups (broad SMARTS) is 2. The number of hydrogen-bond acceptors (Lipinski definition) is 6. The second-order valence-corrected chi connectivity index (χ2v) is 6.51. The minimum atomic E-state index is -1.14. The van der Waals surface area contributed by atoms with Crippen LogP contribution in [0.3, 0.4) is 0 Å². The van der Waals surface area contributed by atoms with Crippen LogP contribution in [-0.4, -0.2) is 63.6 Å². The van der Waals surface area contributed by atoms with E-state index in [1.165, 1.54) is 11.8 Å². The van der Waals surface area contributed by atoms with Crippen molar-refractivity contribution in [3.63, 3.8) is 0 Å². The lowest BCUT2D eigenvalue weighted by Crippen LogP contribution is -2.42. The normalized spacial score (nSPS) is 22.8. The highest BCUT2D eigenvalue weighted by Gasteiger charge is 2.49. The van der Waals surface area contributed by atoms with Crippen molar-refractivity contribution in [1.82, 2.24) is 9.88 Å². The molecule has 3 heterocycles. The number of rotatable bonds is 3. The molecular weight excluding hydrogens is 318 g/mol. The van der Waals surface area contributed by atoms with Gasteiger partial charge in [-0.05, 0) is 24.7 Å². The van der Waals surface area contributed by atoms with Crippen molar-refractivity contribution in [1.29, 1.82) is 0 Å². The summed E-state index contributed by atoms with van der Waals surface area (Å²) in [6, 6.07) is -0.507. The van der Waals surface area contributed by atoms with Gasteiger partial charge in [0.2, 0.25) is 5.91 Å². The maximum atomic E-state index is 11.7. The number of nitrogens with zero attached hydrogens (tertiary/aromatic N) is 3. The van der Waals surface area contributed by atoms with Crippen molar-refractivity contribution in [2.75, 3.05) is 24.5 Å². The van der Waals surface area contributed by atoms with Crippen molar-refractivity contribution in [3.8, 4) is 0 Å². The molecule has 1 spiro atoms. The molecule has 1 atom stereocenters. The van der Waals surface area contributed by atoms with Gasteiger partial charge in [0.15, 0.2) is 5.69 Å². The van der Waals surface area contributed by atoms with E-state index >= 15 is 0 Å². The Morgan fingerprint density at radius 1 is 1.29 bits per heavy atom. The summed E-state index contributed by atoms with van der Waals surface area (Å²) >= 11 is 0. The molecule has 2 fully saturated rings. The van der Waals surface area contributed by atoms with Crippen molar-refractivity contribution in [3.05, 3.63) is 12.0 Å². The monoisotopic (exact) mass is 337 g/mol. The fourth-order valence-electron chi connectivity index (χ4n) is 3.65. The molecule has 1 amide bonds. The maximum absolute atomic E-state index is 11.7. The molecule has 1 aromatic heterocycles. The fourth-order valence-corrected chi connectivity index (χ4v) is 3.65. The molecule has 9 heteroatoms. The average Bonchev–Trinajstić information content (AvgIpc) is 3.14. The van der Waals surface area contributed by atoms with Gasteiger partial charge in [-0.3, -0.25) is 4.79 Å². The number of carbonyl (C=O) groups is 3. The molecule has 0 saturated carbocycles. The first kappa shape index (κ1) is 16.3. The first-order chi connectivity index (χ1) is 11.3. The fraction of sp³-hybridized carbons (Fsp3) is 0.600. The number of hydrogen-bond donors (Lipinski definition) is 2. The third kappa shape index (κ3) is 2.81. The number of anilines is 1. The second-order valence-electron chi connectivity index (χ2n) is 6.51. The number of carboxylic acids is 2. The number of aromatic nitrogens is 1. The molecule has 2 aliphatic rings. The van der Waals surface area contributed by atoms with Crippen LogP contribution in [0.25, 0.3) is 0 Å². The maximum Gasteiger partial charge on any atom is 0.357 e. The largest absolute Gasteiger partial charge is 0.480 e. The van der Waals surface area contributed by atoms with E-state index in [0.717, 1.165) is 6.26 Å². The van der Waals surface area contributed by atoms with E-state index in [-0.39, 0.29) is 23.0 Å². The molecule has 9 nitrogen and oxygen atoms in total. The zero-order valence-electron chi connectivity index (χ0n) is 13.3. The van der Waals surface area contributed by atoms with E-state index in [2.05, 4.69) is 4.98 Å². The number of carbonyl (C=O) groups excluding carboxylic acids is 1. The lowest BCUT2D eigenvalue weighted by Gasteiger charge is -2.38. The number of piperidine rings is 1. The third-order valence-corrected chi connectivity index (χ3v) is 5.00. The molecule has 3 rings (SSSR count). The predicted octanol–water partition coefficient (Wildman–Crippen LogP) is 0.665. The Kier molecular flexibility index (Phi) is 3.94. The molecule has 0 radical (unpaired) electrons. The smallest absolute Gasteiger partial charge is 0.357 e. The Balaban J connectivity index is 1.69. The minimum Gasteiger partial charge on any atom is -0.480 e. The van der Waals surface area contributed by atoms with Gasteiger partial charge in [-0.15, -0.1) is 0 Å². The highest BCUT2D eigenvalue weighted by Crippen LogP contribution is 2.44. The molecule has 0 aromatic carbocycles. The van der Waals surface area contributed by atoms with Crippen LogP contribution in [0.5, 0.6) is 0 Å². The summed E-state index contributed by atoms with van der Waals surface area (Å²) in [6.45, 7) is 3.00. The Bertz CT molecular complexity index is 653. The summed E-state index contributed by atoms with van der Waals surface area (Å²) in [6.07, 6.45) is 2.95. The zero-order chi connectivity index (χ0) is 17.5. The molecule has 2 N–H and O–H groups in total. The first-order valence-corrected chi connectivity index (χ1v) is 7.75. The summed E-state index contributed by atoms with van der Waals surface area (Å²) in [5.41, 5.74) is -0.354. The van der Waals surface area contributed by atoms with Gasteiger partial charge in [-0.1, -0.05) is 0 Å². The van der Waals surface area contributed by atoms with Crippen molar-refractivity contribution in [2.24, 2.45) is 5.41 Å². The summed E-state index contributed by atoms with van der Waals surface area (Å²) in [4.78, 5) is 41.2. The summed E-state index contributed by atoms with van der Waals surface area (Å²) < 4.78 is 5.21. The van der Waals surface area contributed by atoms with Gasteiger partial charge in [0.05, 0.1) is 0 Å². The van der Waals surface area contributed by atoms with Crippen LogP contribution >= 0.6 is 0 Å². The van der Waals surface area contributed by atoms with Crippen molar-refractivity contribution in [2.45, 2.75) is 32.2 Å². The average molecular weight is 337 g/mol. The number of aliphatic carboxylic acids is 1. The highest BCUT2D eigenvalue weighted by atomic mass is 16.4. The van der Waals surface area contributed by atoms with Crippen LogP contribution in [0.1, 0.15) is 36.7 Å². The van der Waals surface area contributed by atoms with Gasteiger partial charge in [0.25, 0.3) is 6.01 Å². The highest BCUT2D eigenvalue weighted by molar-refractivity contribution is 5.85. The van der Waals surface area contributed by atoms with Gasteiger partial charge in [-0.25, -0.2) is 9.59 Å². The third-order valence-electron chi connectivity index (χ3n) is 5.00. The van der Waals surface area contributed by atoms with Gasteiger partial charge < -0.3 is 24.4 Å². The van der Waals surface area contributed by atoms with Crippen LogP contribution in [0.2, 0.25) is 0 Å². The number of aromatic carboxylic acids is 1. The summed E-state index contributed by atoms with van der Waals surface area (Å²) in [7, 11) is 0. The Hall–Kier alpha value is -2.58. The zero-order valence-corrected chi connectivity index (χ0v) is 13.3. The summed E-state index contributed by atoms with van der Waals surface area (Å²) in [5.74, 6) is -2.33. The van der Waals surface area contributed by atoms with Crippen LogP contribution in [0, 0.1) is 5.41 Å². The van der Waals surface area contributed by atoms with E-state index in [9.17, 15) is 19.5 Å². The van der Waals surface area contributed by atoms with Crippen molar-refractivity contribution >= 4 is 23.9 Å². The molecule has 24 heavy (non-hydrogen) atoms. The van der Waals surface area contributed by atoms with E-state index < -0.39 is 18.0 Å². The lowest BCUT2D eigenvalue weighted by molar-refractivity contribution is -0.147. The molecular formula is C15H19N3O6.